The third-order valence-corrected chi connectivity index (χ3v) is 4.64. The van der Waals surface area contributed by atoms with Crippen molar-refractivity contribution >= 4 is 23.7 Å². The van der Waals surface area contributed by atoms with Crippen molar-refractivity contribution in [2.24, 2.45) is 5.73 Å². The van der Waals surface area contributed by atoms with Crippen LogP contribution in [0.25, 0.3) is 0 Å². The second-order valence-corrected chi connectivity index (χ2v) is 6.51. The minimum absolute atomic E-state index is 0.0220. The van der Waals surface area contributed by atoms with Gasteiger partial charge >= 0.3 is 6.03 Å². The number of primary amides is 1. The number of urea groups is 1. The van der Waals surface area contributed by atoms with Gasteiger partial charge in [0.2, 0.25) is 5.91 Å². The maximum absolute atomic E-state index is 12.6. The van der Waals surface area contributed by atoms with E-state index in [0.717, 1.165) is 18.7 Å². The zero-order chi connectivity index (χ0) is 15.9. The number of amides is 3. The molecule has 1 aliphatic rings. The summed E-state index contributed by atoms with van der Waals surface area (Å²) >= 11 is 1.65. The molecule has 1 fully saturated rings. The van der Waals surface area contributed by atoms with Crippen molar-refractivity contribution in [1.29, 1.82) is 0 Å². The summed E-state index contributed by atoms with van der Waals surface area (Å²) in [5.41, 5.74) is 6.46. The molecule has 0 aromatic heterocycles. The summed E-state index contributed by atoms with van der Waals surface area (Å²) in [6, 6.07) is 9.09. The molecule has 0 bridgehead atoms. The van der Waals surface area contributed by atoms with Crippen molar-refractivity contribution in [1.82, 2.24) is 10.2 Å². The Hall–Kier alpha value is -1.69. The average Bonchev–Trinajstić information content (AvgIpc) is 3.01. The van der Waals surface area contributed by atoms with Gasteiger partial charge in [0.1, 0.15) is 6.04 Å². The van der Waals surface area contributed by atoms with Gasteiger partial charge in [0, 0.05) is 19.0 Å². The number of carbonyl (C=O) groups excluding carboxylic acids is 2. The predicted octanol–water partition coefficient (Wildman–Crippen LogP) is 1.79. The van der Waals surface area contributed by atoms with Crippen LogP contribution in [-0.2, 0) is 4.79 Å². The van der Waals surface area contributed by atoms with Crippen molar-refractivity contribution in [3.63, 3.8) is 0 Å². The summed E-state index contributed by atoms with van der Waals surface area (Å²) in [5.74, 6) is 1.17. The first kappa shape index (κ1) is 16.7. The van der Waals surface area contributed by atoms with Crippen LogP contribution in [0.15, 0.2) is 30.3 Å². The van der Waals surface area contributed by atoms with E-state index in [1.54, 1.807) is 11.8 Å². The normalized spacial score (nSPS) is 19.0. The molecule has 1 heterocycles. The summed E-state index contributed by atoms with van der Waals surface area (Å²) < 4.78 is 0. The fourth-order valence-electron chi connectivity index (χ4n) is 2.84. The molecule has 3 amide bonds. The van der Waals surface area contributed by atoms with Crippen molar-refractivity contribution in [3.8, 4) is 0 Å². The third kappa shape index (κ3) is 4.40. The molecule has 1 saturated heterocycles. The fraction of sp³-hybridized carbons (Fsp3) is 0.500. The fourth-order valence-corrected chi connectivity index (χ4v) is 3.31. The Morgan fingerprint density at radius 3 is 2.77 bits per heavy atom. The molecule has 0 spiro atoms. The van der Waals surface area contributed by atoms with Crippen LogP contribution in [0.3, 0.4) is 0 Å². The van der Waals surface area contributed by atoms with E-state index in [2.05, 4.69) is 17.4 Å². The number of carbonyl (C=O) groups is 2. The van der Waals surface area contributed by atoms with Crippen LogP contribution < -0.4 is 11.1 Å². The summed E-state index contributed by atoms with van der Waals surface area (Å²) in [7, 11) is 0. The van der Waals surface area contributed by atoms with Crippen LogP contribution in [0.4, 0.5) is 4.79 Å². The maximum atomic E-state index is 12.6. The van der Waals surface area contributed by atoms with Crippen LogP contribution in [0.2, 0.25) is 0 Å². The Balaban J connectivity index is 1.97. The summed E-state index contributed by atoms with van der Waals surface area (Å²) in [6.45, 7) is 1.44. The number of hydrogen-bond donors (Lipinski definition) is 2. The van der Waals surface area contributed by atoms with Gasteiger partial charge in [-0.3, -0.25) is 4.79 Å². The highest BCUT2D eigenvalue weighted by molar-refractivity contribution is 7.98. The number of benzene rings is 1. The number of thioether (sulfide) groups is 1. The molecule has 2 rings (SSSR count). The first-order valence-electron chi connectivity index (χ1n) is 7.50. The quantitative estimate of drug-likeness (QED) is 0.839. The Morgan fingerprint density at radius 1 is 1.41 bits per heavy atom. The van der Waals surface area contributed by atoms with Crippen molar-refractivity contribution in [3.05, 3.63) is 35.9 Å². The second-order valence-electron chi connectivity index (χ2n) is 5.52. The molecule has 6 heteroatoms. The smallest absolute Gasteiger partial charge is 0.312 e. The molecule has 22 heavy (non-hydrogen) atoms. The molecule has 1 aromatic rings. The molecular formula is C16H23N3O2S. The number of rotatable bonds is 6. The Morgan fingerprint density at radius 2 is 2.14 bits per heavy atom. The van der Waals surface area contributed by atoms with Gasteiger partial charge in [-0.15, -0.1) is 0 Å². The zero-order valence-electron chi connectivity index (χ0n) is 12.8. The second kappa shape index (κ2) is 8.08. The van der Waals surface area contributed by atoms with Crippen molar-refractivity contribution in [2.75, 3.05) is 25.1 Å². The van der Waals surface area contributed by atoms with Gasteiger partial charge in [-0.2, -0.15) is 11.8 Å². The number of nitrogens with two attached hydrogens (primary N) is 1. The van der Waals surface area contributed by atoms with Crippen LogP contribution in [0.5, 0.6) is 0 Å². The lowest BCUT2D eigenvalue weighted by atomic mass is 9.99. The number of likely N-dealkylation sites (tertiary alicyclic amines) is 1. The van der Waals surface area contributed by atoms with Crippen LogP contribution in [-0.4, -0.2) is 48.0 Å². The monoisotopic (exact) mass is 321 g/mol. The molecule has 120 valence electrons. The molecule has 0 unspecified atom stereocenters. The minimum atomic E-state index is -0.641. The molecule has 5 nitrogen and oxygen atoms in total. The van der Waals surface area contributed by atoms with Gasteiger partial charge in [-0.25, -0.2) is 4.79 Å². The number of nitrogens with zero attached hydrogens (tertiary/aromatic N) is 1. The Kier molecular flexibility index (Phi) is 6.12. The maximum Gasteiger partial charge on any atom is 0.312 e. The molecule has 1 aromatic carbocycles. The van der Waals surface area contributed by atoms with E-state index in [-0.39, 0.29) is 5.91 Å². The lowest BCUT2D eigenvalue weighted by molar-refractivity contribution is -0.132. The predicted molar refractivity (Wildman–Crippen MR) is 89.9 cm³/mol. The van der Waals surface area contributed by atoms with E-state index >= 15 is 0 Å². The largest absolute Gasteiger partial charge is 0.352 e. The molecule has 0 saturated carbocycles. The summed E-state index contributed by atoms with van der Waals surface area (Å²) in [5, 5.41) is 2.58. The van der Waals surface area contributed by atoms with E-state index < -0.39 is 12.1 Å². The van der Waals surface area contributed by atoms with Crippen LogP contribution in [0.1, 0.15) is 24.3 Å². The highest BCUT2D eigenvalue weighted by atomic mass is 32.2. The van der Waals surface area contributed by atoms with Crippen molar-refractivity contribution < 1.29 is 9.59 Å². The summed E-state index contributed by atoms with van der Waals surface area (Å²) in [4.78, 5) is 25.6. The Labute approximate surface area is 135 Å². The van der Waals surface area contributed by atoms with Crippen LogP contribution in [0, 0.1) is 0 Å². The molecule has 1 aliphatic heterocycles. The van der Waals surface area contributed by atoms with E-state index in [4.69, 9.17) is 5.73 Å². The van der Waals surface area contributed by atoms with E-state index in [9.17, 15) is 9.59 Å². The van der Waals surface area contributed by atoms with Gasteiger partial charge < -0.3 is 16.0 Å². The third-order valence-electron chi connectivity index (χ3n) is 4.00. The van der Waals surface area contributed by atoms with E-state index in [1.165, 1.54) is 5.56 Å². The lowest BCUT2D eigenvalue weighted by Gasteiger charge is -2.23. The molecular weight excluding hydrogens is 298 g/mol. The van der Waals surface area contributed by atoms with Crippen molar-refractivity contribution in [2.45, 2.75) is 24.8 Å². The van der Waals surface area contributed by atoms with Gasteiger partial charge in [0.25, 0.3) is 0 Å². The zero-order valence-corrected chi connectivity index (χ0v) is 13.6. The van der Waals surface area contributed by atoms with Gasteiger partial charge in [0.15, 0.2) is 0 Å². The highest BCUT2D eigenvalue weighted by Crippen LogP contribution is 2.27. The van der Waals surface area contributed by atoms with Gasteiger partial charge in [-0.05, 0) is 30.4 Å². The molecule has 0 radical (unpaired) electrons. The van der Waals surface area contributed by atoms with Crippen LogP contribution >= 0.6 is 11.8 Å². The molecule has 3 N–H and O–H groups in total. The summed E-state index contributed by atoms with van der Waals surface area (Å²) in [6.07, 6.45) is 3.55. The number of hydrogen-bond acceptors (Lipinski definition) is 3. The van der Waals surface area contributed by atoms with Gasteiger partial charge in [0.05, 0.1) is 0 Å². The Bertz CT molecular complexity index is 509. The van der Waals surface area contributed by atoms with E-state index in [0.29, 0.717) is 18.9 Å². The minimum Gasteiger partial charge on any atom is -0.352 e. The first-order valence-corrected chi connectivity index (χ1v) is 8.90. The standard InChI is InChI=1S/C16H23N3O2S/c1-22-10-8-14(18-16(17)21)15(20)19-9-7-13(11-19)12-5-3-2-4-6-12/h2-6,13-14H,7-11H2,1H3,(H3,17,18,21)/t13-,14-/m1/s1. The molecule has 2 atom stereocenters. The topological polar surface area (TPSA) is 75.4 Å². The number of nitrogens with one attached hydrogen (secondary N) is 1. The molecule has 0 aliphatic carbocycles. The first-order chi connectivity index (χ1) is 10.6. The van der Waals surface area contributed by atoms with Gasteiger partial charge in [-0.1, -0.05) is 30.3 Å². The van der Waals surface area contributed by atoms with E-state index in [1.807, 2.05) is 29.4 Å². The lowest BCUT2D eigenvalue weighted by Crippen LogP contribution is -2.49. The highest BCUT2D eigenvalue weighted by Gasteiger charge is 2.31. The SMILES string of the molecule is CSCC[C@@H](NC(N)=O)C(=O)N1CC[C@@H](c2ccccc2)C1. The average molecular weight is 321 g/mol.